The third kappa shape index (κ3) is 3.55. The zero-order valence-electron chi connectivity index (χ0n) is 6.26. The number of allylic oxidation sites excluding steroid dienone is 1. The monoisotopic (exact) mass is 160 g/mol. The van der Waals surface area contributed by atoms with Gasteiger partial charge in [0.05, 0.1) is 6.42 Å². The maximum absolute atomic E-state index is 10.8. The normalized spacial score (nSPS) is 13.0. The van der Waals surface area contributed by atoms with Crippen LogP contribution in [-0.2, 0) is 9.22 Å². The van der Waals surface area contributed by atoms with Gasteiger partial charge in [0, 0.05) is 0 Å². The van der Waals surface area contributed by atoms with Crippen molar-refractivity contribution in [1.29, 1.82) is 0 Å². The van der Waals surface area contributed by atoms with E-state index in [0.29, 0.717) is 16.1 Å². The number of ketones is 1. The van der Waals surface area contributed by atoms with Gasteiger partial charge in [-0.2, -0.15) is 0 Å². The molecule has 58 valence electrons. The van der Waals surface area contributed by atoms with Crippen molar-refractivity contribution < 1.29 is 14.3 Å². The highest BCUT2D eigenvalue weighted by Gasteiger charge is 2.08. The van der Waals surface area contributed by atoms with Crippen molar-refractivity contribution in [2.24, 2.45) is 0 Å². The molecule has 0 aliphatic carbocycles. The first kappa shape index (κ1) is 9.55. The minimum atomic E-state index is -0.934. The van der Waals surface area contributed by atoms with E-state index in [1.165, 1.54) is 0 Å². The van der Waals surface area contributed by atoms with Crippen molar-refractivity contribution in [3.63, 3.8) is 0 Å². The summed E-state index contributed by atoms with van der Waals surface area (Å²) in [7, 11) is 0.442. The van der Waals surface area contributed by atoms with Crippen LogP contribution in [0.25, 0.3) is 0 Å². The number of hydrogen-bond donors (Lipinski definition) is 1. The molecular weight excluding hydrogens is 148 g/mol. The van der Waals surface area contributed by atoms with E-state index < -0.39 is 6.29 Å². The molecule has 0 aromatic heterocycles. The number of rotatable bonds is 4. The van der Waals surface area contributed by atoms with Gasteiger partial charge in [0.1, 0.15) is 10.5 Å². The first-order valence-corrected chi connectivity index (χ1v) is 3.79. The molecule has 1 unspecified atom stereocenters. The van der Waals surface area contributed by atoms with Gasteiger partial charge < -0.3 is 9.53 Å². The van der Waals surface area contributed by atoms with Gasteiger partial charge in [-0.25, -0.2) is 0 Å². The number of hydrogen-bond acceptors (Lipinski definition) is 3. The van der Waals surface area contributed by atoms with Gasteiger partial charge in [-0.15, -0.1) is 0 Å². The molecular formula is C6H12O3Si. The maximum Gasteiger partial charge on any atom is 0.163 e. The Bertz CT molecular complexity index is 144. The number of carbonyl (C=O) groups is 1. The molecule has 0 aromatic carbocycles. The van der Waals surface area contributed by atoms with Crippen molar-refractivity contribution in [2.75, 3.05) is 0 Å². The van der Waals surface area contributed by atoms with E-state index in [1.807, 2.05) is 0 Å². The van der Waals surface area contributed by atoms with Crippen molar-refractivity contribution >= 4 is 16.3 Å². The van der Waals surface area contributed by atoms with Gasteiger partial charge in [-0.3, -0.25) is 4.79 Å². The molecule has 0 bridgehead atoms. The Morgan fingerprint density at radius 2 is 2.40 bits per heavy atom. The third-order valence-corrected chi connectivity index (χ3v) is 1.65. The summed E-state index contributed by atoms with van der Waals surface area (Å²) < 4.78 is 4.60. The smallest absolute Gasteiger partial charge is 0.163 e. The van der Waals surface area contributed by atoms with E-state index in [0.717, 1.165) is 0 Å². The van der Waals surface area contributed by atoms with E-state index in [9.17, 15) is 4.79 Å². The second kappa shape index (κ2) is 4.38. The largest absolute Gasteiger partial charge is 0.404 e. The highest BCUT2D eigenvalue weighted by Crippen LogP contribution is 1.99. The summed E-state index contributed by atoms with van der Waals surface area (Å²) in [4.78, 5) is 10.8. The zero-order valence-corrected chi connectivity index (χ0v) is 8.26. The van der Waals surface area contributed by atoms with E-state index >= 15 is 0 Å². The fourth-order valence-corrected chi connectivity index (χ4v) is 0.583. The number of aliphatic hydroxyl groups excluding tert-OH is 1. The Hall–Kier alpha value is -0.453. The predicted molar refractivity (Wildman–Crippen MR) is 41.5 cm³/mol. The lowest BCUT2D eigenvalue weighted by Gasteiger charge is -2.06. The second-order valence-electron chi connectivity index (χ2n) is 2.10. The highest BCUT2D eigenvalue weighted by atomic mass is 28.2. The lowest BCUT2D eigenvalue weighted by molar-refractivity contribution is -0.121. The molecule has 0 aliphatic heterocycles. The van der Waals surface area contributed by atoms with Gasteiger partial charge in [-0.05, 0) is 12.5 Å². The van der Waals surface area contributed by atoms with Crippen molar-refractivity contribution in [1.82, 2.24) is 0 Å². The van der Waals surface area contributed by atoms with Gasteiger partial charge in [-0.1, -0.05) is 6.58 Å². The highest BCUT2D eigenvalue weighted by molar-refractivity contribution is 5.98. The molecule has 0 spiro atoms. The minimum Gasteiger partial charge on any atom is -0.404 e. The number of aliphatic hydroxyl groups is 1. The molecule has 0 aromatic rings. The van der Waals surface area contributed by atoms with E-state index in [2.05, 4.69) is 11.0 Å². The first-order chi connectivity index (χ1) is 4.57. The molecule has 1 atom stereocenters. The van der Waals surface area contributed by atoms with Gasteiger partial charge in [0.15, 0.2) is 12.1 Å². The van der Waals surface area contributed by atoms with Gasteiger partial charge >= 0.3 is 0 Å². The molecule has 3 nitrogen and oxygen atoms in total. The summed E-state index contributed by atoms with van der Waals surface area (Å²) in [5.41, 5.74) is 0.456. The fourth-order valence-electron chi connectivity index (χ4n) is 0.416. The second-order valence-corrected chi connectivity index (χ2v) is 2.57. The standard InChI is InChI=1S/C6H12O3Si/c1-4(2)5(7)3-6(8)9-10/h6,8H,1,3H2,2,10H3. The Labute approximate surface area is 63.2 Å². The van der Waals surface area contributed by atoms with Crippen LogP contribution < -0.4 is 0 Å². The first-order valence-electron chi connectivity index (χ1n) is 2.97. The predicted octanol–water partition coefficient (Wildman–Crippen LogP) is -0.863. The van der Waals surface area contributed by atoms with Crippen molar-refractivity contribution in [3.05, 3.63) is 12.2 Å². The lowest BCUT2D eigenvalue weighted by Crippen LogP contribution is -2.15. The van der Waals surface area contributed by atoms with Crippen LogP contribution in [0, 0.1) is 0 Å². The summed E-state index contributed by atoms with van der Waals surface area (Å²) in [6.45, 7) is 5.05. The van der Waals surface area contributed by atoms with Gasteiger partial charge in [0.2, 0.25) is 0 Å². The Kier molecular flexibility index (Phi) is 4.18. The Morgan fingerprint density at radius 1 is 1.90 bits per heavy atom. The molecule has 0 amide bonds. The molecule has 0 saturated carbocycles. The average molecular weight is 160 g/mol. The minimum absolute atomic E-state index is 0.0266. The molecule has 0 fully saturated rings. The van der Waals surface area contributed by atoms with Crippen LogP contribution in [0.2, 0.25) is 0 Å². The SMILES string of the molecule is C=C(C)C(=O)CC(O)O[SiH3]. The summed E-state index contributed by atoms with van der Waals surface area (Å²) in [5.74, 6) is -0.150. The molecule has 0 saturated heterocycles. The average Bonchev–Trinajstić information content (AvgIpc) is 1.87. The molecule has 4 heteroatoms. The van der Waals surface area contributed by atoms with Crippen LogP contribution in [-0.4, -0.2) is 27.7 Å². The topological polar surface area (TPSA) is 46.5 Å². The van der Waals surface area contributed by atoms with Crippen molar-refractivity contribution in [2.45, 2.75) is 19.6 Å². The van der Waals surface area contributed by atoms with E-state index in [4.69, 9.17) is 5.11 Å². The maximum atomic E-state index is 10.8. The molecule has 0 rings (SSSR count). The summed E-state index contributed by atoms with van der Waals surface area (Å²) in [6, 6.07) is 0. The quantitative estimate of drug-likeness (QED) is 0.330. The molecule has 1 N–H and O–H groups in total. The van der Waals surface area contributed by atoms with Crippen LogP contribution in [0.4, 0.5) is 0 Å². The van der Waals surface area contributed by atoms with Crippen LogP contribution in [0.5, 0.6) is 0 Å². The van der Waals surface area contributed by atoms with Crippen LogP contribution in [0.3, 0.4) is 0 Å². The number of Topliss-reactive ketones (excluding diaryl/α,β-unsaturated/α-hetero) is 1. The Morgan fingerprint density at radius 3 is 2.70 bits per heavy atom. The fraction of sp³-hybridized carbons (Fsp3) is 0.500. The summed E-state index contributed by atoms with van der Waals surface area (Å²) in [6.07, 6.45) is -0.908. The summed E-state index contributed by atoms with van der Waals surface area (Å²) in [5, 5.41) is 8.83. The van der Waals surface area contributed by atoms with Crippen LogP contribution in [0.15, 0.2) is 12.2 Å². The Balaban J connectivity index is 3.68. The molecule has 10 heavy (non-hydrogen) atoms. The summed E-state index contributed by atoms with van der Waals surface area (Å²) >= 11 is 0. The third-order valence-electron chi connectivity index (χ3n) is 1.11. The molecule has 0 heterocycles. The van der Waals surface area contributed by atoms with E-state index in [-0.39, 0.29) is 12.2 Å². The van der Waals surface area contributed by atoms with E-state index in [1.54, 1.807) is 6.92 Å². The van der Waals surface area contributed by atoms with Crippen molar-refractivity contribution in [3.8, 4) is 0 Å². The zero-order chi connectivity index (χ0) is 8.15. The lowest BCUT2D eigenvalue weighted by atomic mass is 10.1. The van der Waals surface area contributed by atoms with Gasteiger partial charge in [0.25, 0.3) is 0 Å². The van der Waals surface area contributed by atoms with Crippen LogP contribution >= 0.6 is 0 Å². The molecule has 0 radical (unpaired) electrons. The molecule has 0 aliphatic rings. The number of carbonyl (C=O) groups excluding carboxylic acids is 1. The van der Waals surface area contributed by atoms with Crippen LogP contribution in [0.1, 0.15) is 13.3 Å².